The van der Waals surface area contributed by atoms with Gasteiger partial charge in [0.15, 0.2) is 0 Å². The number of hydrogen-bond acceptors (Lipinski definition) is 4. The van der Waals surface area contributed by atoms with Gasteiger partial charge in [0, 0.05) is 10.9 Å². The van der Waals surface area contributed by atoms with Gasteiger partial charge in [-0.25, -0.2) is 9.78 Å². The summed E-state index contributed by atoms with van der Waals surface area (Å²) >= 11 is 0. The second-order valence-corrected chi connectivity index (χ2v) is 5.02. The van der Waals surface area contributed by atoms with Crippen molar-refractivity contribution in [3.8, 4) is 0 Å². The number of aromatic carboxylic acids is 1. The van der Waals surface area contributed by atoms with Crippen LogP contribution in [-0.4, -0.2) is 21.2 Å². The third-order valence-corrected chi connectivity index (χ3v) is 3.47. The minimum Gasteiger partial charge on any atom is -0.478 e. The predicted molar refractivity (Wildman–Crippen MR) is 83.6 cm³/mol. The van der Waals surface area contributed by atoms with Crippen LogP contribution in [0.3, 0.4) is 0 Å². The average Bonchev–Trinajstić information content (AvgIpc) is 2.83. The zero-order valence-electron chi connectivity index (χ0n) is 12.2. The summed E-state index contributed by atoms with van der Waals surface area (Å²) in [6, 6.07) is 8.60. The van der Waals surface area contributed by atoms with E-state index in [2.05, 4.69) is 10.1 Å². The van der Waals surface area contributed by atoms with Crippen LogP contribution in [0, 0.1) is 13.8 Å². The van der Waals surface area contributed by atoms with E-state index in [9.17, 15) is 4.79 Å². The van der Waals surface area contributed by atoms with Crippen LogP contribution in [0.25, 0.3) is 23.1 Å². The summed E-state index contributed by atoms with van der Waals surface area (Å²) in [5.41, 5.74) is 3.58. The maximum Gasteiger partial charge on any atom is 0.335 e. The summed E-state index contributed by atoms with van der Waals surface area (Å²) in [6.07, 6.45) is 3.80. The Morgan fingerprint density at radius 2 is 2.00 bits per heavy atom. The molecule has 0 bridgehead atoms. The van der Waals surface area contributed by atoms with E-state index >= 15 is 0 Å². The second kappa shape index (κ2) is 5.44. The lowest BCUT2D eigenvalue weighted by molar-refractivity contribution is 0.0697. The number of aromatic nitrogens is 2. The summed E-state index contributed by atoms with van der Waals surface area (Å²) in [6.45, 7) is 3.75. The number of carboxylic acids is 1. The Kier molecular flexibility index (Phi) is 3.47. The number of fused-ring (bicyclic) bond motifs is 1. The van der Waals surface area contributed by atoms with Gasteiger partial charge in [-0.1, -0.05) is 11.2 Å². The Labute approximate surface area is 126 Å². The monoisotopic (exact) mass is 294 g/mol. The molecule has 5 heteroatoms. The Bertz CT molecular complexity index is 875. The van der Waals surface area contributed by atoms with Crippen molar-refractivity contribution in [2.24, 2.45) is 0 Å². The Hall–Kier alpha value is -2.95. The molecule has 0 saturated heterocycles. The number of benzene rings is 1. The molecule has 110 valence electrons. The Morgan fingerprint density at radius 3 is 2.68 bits per heavy atom. The molecule has 0 atom stereocenters. The van der Waals surface area contributed by atoms with E-state index in [1.165, 1.54) is 0 Å². The van der Waals surface area contributed by atoms with Crippen molar-refractivity contribution in [3.05, 3.63) is 58.6 Å². The van der Waals surface area contributed by atoms with Gasteiger partial charge in [-0.05, 0) is 50.3 Å². The molecular formula is C17H14N2O3. The predicted octanol–water partition coefficient (Wildman–Crippen LogP) is 3.71. The molecule has 3 rings (SSSR count). The first-order valence-electron chi connectivity index (χ1n) is 6.79. The summed E-state index contributed by atoms with van der Waals surface area (Å²) < 4.78 is 5.11. The topological polar surface area (TPSA) is 76.2 Å². The largest absolute Gasteiger partial charge is 0.478 e. The molecule has 1 aromatic carbocycles. The van der Waals surface area contributed by atoms with Gasteiger partial charge >= 0.3 is 5.97 Å². The summed E-state index contributed by atoms with van der Waals surface area (Å²) in [5, 5.41) is 13.7. The summed E-state index contributed by atoms with van der Waals surface area (Å²) in [5.74, 6) is -0.176. The minimum absolute atomic E-state index is 0.258. The third kappa shape index (κ3) is 2.61. The van der Waals surface area contributed by atoms with Crippen molar-refractivity contribution in [1.82, 2.24) is 10.1 Å². The third-order valence-electron chi connectivity index (χ3n) is 3.47. The van der Waals surface area contributed by atoms with Gasteiger partial charge in [0.1, 0.15) is 5.76 Å². The van der Waals surface area contributed by atoms with Crippen molar-refractivity contribution < 1.29 is 14.4 Å². The van der Waals surface area contributed by atoms with E-state index in [1.807, 2.05) is 38.1 Å². The molecule has 3 aromatic rings. The van der Waals surface area contributed by atoms with Crippen LogP contribution in [0.5, 0.6) is 0 Å². The van der Waals surface area contributed by atoms with E-state index < -0.39 is 5.97 Å². The first-order chi connectivity index (χ1) is 10.5. The lowest BCUT2D eigenvalue weighted by atomic mass is 10.1. The average molecular weight is 294 g/mol. The molecule has 5 nitrogen and oxygen atoms in total. The molecule has 0 spiro atoms. The van der Waals surface area contributed by atoms with Gasteiger partial charge in [-0.15, -0.1) is 0 Å². The first kappa shape index (κ1) is 14.0. The molecule has 2 aromatic heterocycles. The normalized spacial score (nSPS) is 11.4. The molecule has 0 fully saturated rings. The standard InChI is InChI=1S/C17H14N2O3/c1-10-15(11(2)22-19-10)7-6-14-5-3-12-9-13(17(20)21)4-8-16(12)18-14/h3-9H,1-2H3,(H,20,21). The molecule has 1 N–H and O–H groups in total. The van der Waals surface area contributed by atoms with E-state index in [-0.39, 0.29) is 5.56 Å². The van der Waals surface area contributed by atoms with Gasteiger partial charge in [-0.2, -0.15) is 0 Å². The fourth-order valence-corrected chi connectivity index (χ4v) is 2.26. The molecule has 0 unspecified atom stereocenters. The SMILES string of the molecule is Cc1noc(C)c1C=Cc1ccc2cc(C(=O)O)ccc2n1. The molecule has 2 heterocycles. The molecule has 0 aliphatic heterocycles. The number of hydrogen-bond donors (Lipinski definition) is 1. The van der Waals surface area contributed by atoms with Gasteiger partial charge in [0.25, 0.3) is 0 Å². The van der Waals surface area contributed by atoms with Gasteiger partial charge < -0.3 is 9.63 Å². The molecule has 22 heavy (non-hydrogen) atoms. The van der Waals surface area contributed by atoms with Crippen molar-refractivity contribution >= 4 is 29.0 Å². The Balaban J connectivity index is 1.95. The highest BCUT2D eigenvalue weighted by Gasteiger charge is 2.06. The molecule has 0 amide bonds. The fourth-order valence-electron chi connectivity index (χ4n) is 2.26. The van der Waals surface area contributed by atoms with Crippen LogP contribution >= 0.6 is 0 Å². The number of carbonyl (C=O) groups is 1. The first-order valence-corrected chi connectivity index (χ1v) is 6.79. The number of rotatable bonds is 3. The zero-order chi connectivity index (χ0) is 15.7. The second-order valence-electron chi connectivity index (χ2n) is 5.02. The van der Waals surface area contributed by atoms with E-state index in [4.69, 9.17) is 9.63 Å². The van der Waals surface area contributed by atoms with Crippen LogP contribution in [-0.2, 0) is 0 Å². The lowest BCUT2D eigenvalue weighted by Gasteiger charge is -2.01. The quantitative estimate of drug-likeness (QED) is 0.797. The van der Waals surface area contributed by atoms with Crippen molar-refractivity contribution in [2.45, 2.75) is 13.8 Å². The smallest absolute Gasteiger partial charge is 0.335 e. The molecule has 0 radical (unpaired) electrons. The molecule has 0 aliphatic carbocycles. The van der Waals surface area contributed by atoms with Crippen LogP contribution < -0.4 is 0 Å². The van der Waals surface area contributed by atoms with Crippen LogP contribution in [0.15, 0.2) is 34.9 Å². The maximum absolute atomic E-state index is 11.0. The number of nitrogens with zero attached hydrogens (tertiary/aromatic N) is 2. The highest BCUT2D eigenvalue weighted by Crippen LogP contribution is 2.18. The number of pyridine rings is 1. The van der Waals surface area contributed by atoms with E-state index in [0.717, 1.165) is 33.6 Å². The minimum atomic E-state index is -0.940. The van der Waals surface area contributed by atoms with Crippen molar-refractivity contribution in [3.63, 3.8) is 0 Å². The lowest BCUT2D eigenvalue weighted by Crippen LogP contribution is -1.95. The van der Waals surface area contributed by atoms with Crippen LogP contribution in [0.2, 0.25) is 0 Å². The van der Waals surface area contributed by atoms with Crippen molar-refractivity contribution in [1.29, 1.82) is 0 Å². The fraction of sp³-hybridized carbons (Fsp3) is 0.118. The van der Waals surface area contributed by atoms with Gasteiger partial charge in [-0.3, -0.25) is 0 Å². The maximum atomic E-state index is 11.0. The van der Waals surface area contributed by atoms with E-state index in [1.54, 1.807) is 18.2 Å². The highest BCUT2D eigenvalue weighted by atomic mass is 16.5. The molecular weight excluding hydrogens is 280 g/mol. The van der Waals surface area contributed by atoms with Crippen molar-refractivity contribution in [2.75, 3.05) is 0 Å². The van der Waals surface area contributed by atoms with Crippen LogP contribution in [0.4, 0.5) is 0 Å². The summed E-state index contributed by atoms with van der Waals surface area (Å²) in [4.78, 5) is 15.5. The number of aryl methyl sites for hydroxylation is 2. The Morgan fingerprint density at radius 1 is 1.18 bits per heavy atom. The highest BCUT2D eigenvalue weighted by molar-refractivity contribution is 5.93. The molecule has 0 aliphatic rings. The van der Waals surface area contributed by atoms with Gasteiger partial charge in [0.05, 0.1) is 22.5 Å². The van der Waals surface area contributed by atoms with Crippen LogP contribution in [0.1, 0.15) is 33.1 Å². The summed E-state index contributed by atoms with van der Waals surface area (Å²) in [7, 11) is 0. The van der Waals surface area contributed by atoms with E-state index in [0.29, 0.717) is 0 Å². The number of carboxylic acid groups (broad SMARTS) is 1. The van der Waals surface area contributed by atoms with Gasteiger partial charge in [0.2, 0.25) is 0 Å². The zero-order valence-corrected chi connectivity index (χ0v) is 12.2. The molecule has 0 saturated carbocycles.